The predicted octanol–water partition coefficient (Wildman–Crippen LogP) is 4.40. The van der Waals surface area contributed by atoms with Crippen molar-refractivity contribution in [3.8, 4) is 0 Å². The maximum absolute atomic E-state index is 13.3. The van der Waals surface area contributed by atoms with E-state index < -0.39 is 0 Å². The molecule has 0 aromatic heterocycles. The summed E-state index contributed by atoms with van der Waals surface area (Å²) < 4.78 is 14.3. The van der Waals surface area contributed by atoms with Crippen molar-refractivity contribution in [2.24, 2.45) is 11.8 Å². The minimum absolute atomic E-state index is 0.160. The molecule has 1 N–H and O–H groups in total. The second kappa shape index (κ2) is 7.25. The maximum atomic E-state index is 13.3. The van der Waals surface area contributed by atoms with Gasteiger partial charge >= 0.3 is 0 Å². The van der Waals surface area contributed by atoms with E-state index in [1.54, 1.807) is 12.1 Å². The van der Waals surface area contributed by atoms with Gasteiger partial charge in [0.1, 0.15) is 5.82 Å². The van der Waals surface area contributed by atoms with E-state index in [0.717, 1.165) is 23.0 Å². The highest BCUT2D eigenvalue weighted by Gasteiger charge is 2.16. The molecule has 1 nitrogen and oxygen atoms in total. The molecule has 1 aromatic rings. The first kappa shape index (κ1) is 15.6. The summed E-state index contributed by atoms with van der Waals surface area (Å²) in [7, 11) is 0. The summed E-state index contributed by atoms with van der Waals surface area (Å²) in [6.45, 7) is 9.71. The fourth-order valence-corrected chi connectivity index (χ4v) is 2.32. The molecule has 3 heteroatoms. The number of halogens is 2. The van der Waals surface area contributed by atoms with E-state index in [1.807, 2.05) is 0 Å². The van der Waals surface area contributed by atoms with Crippen LogP contribution in [0.25, 0.3) is 0 Å². The van der Waals surface area contributed by atoms with E-state index in [1.165, 1.54) is 6.07 Å². The van der Waals surface area contributed by atoms with Crippen molar-refractivity contribution >= 4 is 15.9 Å². The largest absolute Gasteiger partial charge is 0.314 e. The summed E-state index contributed by atoms with van der Waals surface area (Å²) >= 11 is 3.50. The van der Waals surface area contributed by atoms with Crippen LogP contribution in [0.2, 0.25) is 0 Å². The van der Waals surface area contributed by atoms with Crippen LogP contribution >= 0.6 is 15.9 Å². The first-order valence-corrected chi connectivity index (χ1v) is 7.36. The van der Waals surface area contributed by atoms with Crippen molar-refractivity contribution in [1.82, 2.24) is 5.32 Å². The molecule has 0 spiro atoms. The van der Waals surface area contributed by atoms with Crippen LogP contribution in [0.3, 0.4) is 0 Å². The highest BCUT2D eigenvalue weighted by atomic mass is 79.9. The Morgan fingerprint density at radius 1 is 1.22 bits per heavy atom. The van der Waals surface area contributed by atoms with Crippen molar-refractivity contribution in [2.75, 3.05) is 6.54 Å². The number of hydrogen-bond acceptors (Lipinski definition) is 1. The monoisotopic (exact) mass is 315 g/mol. The van der Waals surface area contributed by atoms with Gasteiger partial charge in [0.05, 0.1) is 0 Å². The standard InChI is InChI=1S/C15H23BrFN/c1-10(2)13(9-18-11(3)4)7-12-8-14(17)5-6-15(12)16/h5-6,8,10-11,13,18H,7,9H2,1-4H3. The molecule has 1 unspecified atom stereocenters. The molecule has 102 valence electrons. The molecule has 0 aliphatic heterocycles. The second-order valence-electron chi connectivity index (χ2n) is 5.51. The average Bonchev–Trinajstić information content (AvgIpc) is 2.28. The third-order valence-electron chi connectivity index (χ3n) is 3.22. The third kappa shape index (κ3) is 5.07. The van der Waals surface area contributed by atoms with Crippen LogP contribution in [0.15, 0.2) is 22.7 Å². The maximum Gasteiger partial charge on any atom is 0.123 e. The van der Waals surface area contributed by atoms with Gasteiger partial charge in [-0.15, -0.1) is 0 Å². The number of rotatable bonds is 6. The van der Waals surface area contributed by atoms with Gasteiger partial charge in [-0.3, -0.25) is 0 Å². The van der Waals surface area contributed by atoms with Crippen molar-refractivity contribution in [3.63, 3.8) is 0 Å². The van der Waals surface area contributed by atoms with E-state index in [-0.39, 0.29) is 5.82 Å². The predicted molar refractivity (Wildman–Crippen MR) is 79.3 cm³/mol. The molecule has 0 aliphatic rings. The lowest BCUT2D eigenvalue weighted by Gasteiger charge is -2.23. The molecule has 1 aromatic carbocycles. The minimum atomic E-state index is -0.160. The van der Waals surface area contributed by atoms with Gasteiger partial charge in [-0.05, 0) is 48.6 Å². The molecule has 0 bridgehead atoms. The lowest BCUT2D eigenvalue weighted by molar-refractivity contribution is 0.348. The molecule has 0 saturated heterocycles. The van der Waals surface area contributed by atoms with E-state index in [0.29, 0.717) is 17.9 Å². The zero-order chi connectivity index (χ0) is 13.7. The summed E-state index contributed by atoms with van der Waals surface area (Å²) in [6.07, 6.45) is 0.899. The van der Waals surface area contributed by atoms with Crippen LogP contribution in [0.1, 0.15) is 33.3 Å². The van der Waals surface area contributed by atoms with Crippen LogP contribution in [-0.2, 0) is 6.42 Å². The van der Waals surface area contributed by atoms with Crippen LogP contribution < -0.4 is 5.32 Å². The fourth-order valence-electron chi connectivity index (χ4n) is 1.91. The summed E-state index contributed by atoms with van der Waals surface area (Å²) in [5.41, 5.74) is 1.05. The third-order valence-corrected chi connectivity index (χ3v) is 3.99. The topological polar surface area (TPSA) is 12.0 Å². The normalized spacial score (nSPS) is 13.3. The number of hydrogen-bond donors (Lipinski definition) is 1. The Bertz CT molecular complexity index is 377. The van der Waals surface area contributed by atoms with E-state index >= 15 is 0 Å². The number of nitrogens with one attached hydrogen (secondary N) is 1. The van der Waals surface area contributed by atoms with Crippen molar-refractivity contribution in [2.45, 2.75) is 40.2 Å². The zero-order valence-corrected chi connectivity index (χ0v) is 13.2. The van der Waals surface area contributed by atoms with Crippen LogP contribution in [-0.4, -0.2) is 12.6 Å². The molecular weight excluding hydrogens is 293 g/mol. The SMILES string of the molecule is CC(C)NCC(Cc1cc(F)ccc1Br)C(C)C. The molecule has 18 heavy (non-hydrogen) atoms. The van der Waals surface area contributed by atoms with Crippen LogP contribution in [0, 0.1) is 17.7 Å². The lowest BCUT2D eigenvalue weighted by Crippen LogP contribution is -2.32. The van der Waals surface area contributed by atoms with Crippen molar-refractivity contribution < 1.29 is 4.39 Å². The summed E-state index contributed by atoms with van der Waals surface area (Å²) in [4.78, 5) is 0. The van der Waals surface area contributed by atoms with Gasteiger partial charge in [0.2, 0.25) is 0 Å². The van der Waals surface area contributed by atoms with E-state index in [2.05, 4.69) is 48.9 Å². The molecule has 0 radical (unpaired) electrons. The fraction of sp³-hybridized carbons (Fsp3) is 0.600. The smallest absolute Gasteiger partial charge is 0.123 e. The average molecular weight is 316 g/mol. The van der Waals surface area contributed by atoms with Crippen molar-refractivity contribution in [3.05, 3.63) is 34.1 Å². The molecule has 1 atom stereocenters. The van der Waals surface area contributed by atoms with Gasteiger partial charge in [-0.2, -0.15) is 0 Å². The Labute approximate surface area is 118 Å². The highest BCUT2D eigenvalue weighted by molar-refractivity contribution is 9.10. The van der Waals surface area contributed by atoms with Crippen LogP contribution in [0.5, 0.6) is 0 Å². The molecule has 0 aliphatic carbocycles. The van der Waals surface area contributed by atoms with Gasteiger partial charge in [0.15, 0.2) is 0 Å². The molecule has 1 rings (SSSR count). The van der Waals surface area contributed by atoms with Crippen LogP contribution in [0.4, 0.5) is 4.39 Å². The summed E-state index contributed by atoms with van der Waals surface area (Å²) in [5.74, 6) is 0.935. The van der Waals surface area contributed by atoms with E-state index in [9.17, 15) is 4.39 Å². The zero-order valence-electron chi connectivity index (χ0n) is 11.6. The Kier molecular flexibility index (Phi) is 6.30. The Hall–Kier alpha value is -0.410. The highest BCUT2D eigenvalue weighted by Crippen LogP contribution is 2.24. The molecule has 0 amide bonds. The first-order valence-electron chi connectivity index (χ1n) is 6.57. The first-order chi connectivity index (χ1) is 8.40. The molecule has 0 fully saturated rings. The Balaban J connectivity index is 2.73. The number of benzene rings is 1. The van der Waals surface area contributed by atoms with Gasteiger partial charge < -0.3 is 5.32 Å². The Morgan fingerprint density at radius 3 is 2.44 bits per heavy atom. The minimum Gasteiger partial charge on any atom is -0.314 e. The second-order valence-corrected chi connectivity index (χ2v) is 6.36. The van der Waals surface area contributed by atoms with Gasteiger partial charge in [-0.1, -0.05) is 43.6 Å². The van der Waals surface area contributed by atoms with E-state index in [4.69, 9.17) is 0 Å². The molecule has 0 heterocycles. The quantitative estimate of drug-likeness (QED) is 0.820. The molecular formula is C15H23BrFN. The Morgan fingerprint density at radius 2 is 1.89 bits per heavy atom. The summed E-state index contributed by atoms with van der Waals surface area (Å²) in [6, 6.07) is 5.40. The van der Waals surface area contributed by atoms with Gasteiger partial charge in [0.25, 0.3) is 0 Å². The lowest BCUT2D eigenvalue weighted by atomic mass is 9.89. The van der Waals surface area contributed by atoms with Crippen molar-refractivity contribution in [1.29, 1.82) is 0 Å². The van der Waals surface area contributed by atoms with Gasteiger partial charge in [0, 0.05) is 10.5 Å². The van der Waals surface area contributed by atoms with Gasteiger partial charge in [-0.25, -0.2) is 4.39 Å². The molecule has 0 saturated carbocycles. The summed E-state index contributed by atoms with van der Waals surface area (Å²) in [5, 5.41) is 3.47.